The Labute approximate surface area is 91.5 Å². The van der Waals surface area contributed by atoms with E-state index in [9.17, 15) is 14.7 Å². The van der Waals surface area contributed by atoms with Crippen LogP contribution in [0.5, 0.6) is 0 Å². The highest BCUT2D eigenvalue weighted by Gasteiger charge is 2.70. The molecular weight excluding hydrogens is 216 g/mol. The molecule has 6 atom stereocenters. The van der Waals surface area contributed by atoms with Crippen molar-refractivity contribution < 1.29 is 28.9 Å². The number of carbonyl (C=O) groups is 2. The molecule has 0 aromatic heterocycles. The molecule has 3 aliphatic rings. The van der Waals surface area contributed by atoms with E-state index < -0.39 is 42.1 Å². The molecule has 3 aliphatic heterocycles. The Bertz CT molecular complexity index is 353. The zero-order chi connectivity index (χ0) is 11.4. The fraction of sp³-hybridized carbons (Fsp3) is 0.800. The van der Waals surface area contributed by atoms with Gasteiger partial charge in [0.05, 0.1) is 25.7 Å². The smallest absolute Gasteiger partial charge is 0.313 e. The summed E-state index contributed by atoms with van der Waals surface area (Å²) in [5.41, 5.74) is 0. The van der Waals surface area contributed by atoms with Crippen molar-refractivity contribution in [3.8, 4) is 0 Å². The number of esters is 2. The van der Waals surface area contributed by atoms with Gasteiger partial charge < -0.3 is 19.3 Å². The van der Waals surface area contributed by atoms with E-state index in [-0.39, 0.29) is 12.5 Å². The number of methoxy groups -OCH3 is 1. The number of rotatable bonds is 2. The molecule has 3 heterocycles. The van der Waals surface area contributed by atoms with Crippen LogP contribution in [0.3, 0.4) is 0 Å². The number of aliphatic hydroxyl groups excluding tert-OH is 1. The topological polar surface area (TPSA) is 82.1 Å². The third-order valence-electron chi connectivity index (χ3n) is 3.79. The maximum atomic E-state index is 11.6. The minimum absolute atomic E-state index is 0.153. The molecule has 3 fully saturated rings. The quantitative estimate of drug-likeness (QED) is 0.592. The average molecular weight is 228 g/mol. The highest BCUT2D eigenvalue weighted by Crippen LogP contribution is 2.52. The number of aliphatic hydroxyl groups is 1. The van der Waals surface area contributed by atoms with Crippen molar-refractivity contribution in [3.63, 3.8) is 0 Å². The average Bonchev–Trinajstić information content (AvgIpc) is 2.87. The Balaban J connectivity index is 1.97. The molecule has 3 saturated heterocycles. The number of fused-ring (bicyclic) bond motifs is 1. The van der Waals surface area contributed by atoms with Gasteiger partial charge in [-0.1, -0.05) is 0 Å². The lowest BCUT2D eigenvalue weighted by Gasteiger charge is -2.25. The molecule has 0 aromatic carbocycles. The van der Waals surface area contributed by atoms with E-state index in [1.165, 1.54) is 7.11 Å². The van der Waals surface area contributed by atoms with Crippen LogP contribution in [0.2, 0.25) is 0 Å². The van der Waals surface area contributed by atoms with Gasteiger partial charge in [-0.15, -0.1) is 0 Å². The first kappa shape index (κ1) is 10.0. The third-order valence-corrected chi connectivity index (χ3v) is 3.79. The van der Waals surface area contributed by atoms with Gasteiger partial charge in [0.15, 0.2) is 0 Å². The van der Waals surface area contributed by atoms with E-state index in [2.05, 4.69) is 4.74 Å². The summed E-state index contributed by atoms with van der Waals surface area (Å²) >= 11 is 0. The summed E-state index contributed by atoms with van der Waals surface area (Å²) < 4.78 is 15.4. The molecule has 0 spiro atoms. The van der Waals surface area contributed by atoms with Crippen molar-refractivity contribution in [3.05, 3.63) is 0 Å². The van der Waals surface area contributed by atoms with Gasteiger partial charge in [0.25, 0.3) is 0 Å². The standard InChI is InChI=1S/C10H12O6/c1-14-9(12)4-5-8-7(16-10(5)13)3(2-11)6(4)15-8/h3-8,11H,2H2,1H3. The van der Waals surface area contributed by atoms with Crippen molar-refractivity contribution in [1.82, 2.24) is 0 Å². The monoisotopic (exact) mass is 228 g/mol. The van der Waals surface area contributed by atoms with Crippen LogP contribution in [-0.4, -0.2) is 49.1 Å². The normalized spacial score (nSPS) is 48.2. The van der Waals surface area contributed by atoms with Crippen molar-refractivity contribution in [2.75, 3.05) is 13.7 Å². The molecule has 0 saturated carbocycles. The Morgan fingerprint density at radius 2 is 2.19 bits per heavy atom. The fourth-order valence-corrected chi connectivity index (χ4v) is 3.11. The van der Waals surface area contributed by atoms with Crippen LogP contribution < -0.4 is 0 Å². The molecule has 2 bridgehead atoms. The van der Waals surface area contributed by atoms with Crippen LogP contribution in [0.4, 0.5) is 0 Å². The summed E-state index contributed by atoms with van der Waals surface area (Å²) in [5, 5.41) is 9.24. The van der Waals surface area contributed by atoms with Crippen molar-refractivity contribution in [2.45, 2.75) is 18.3 Å². The van der Waals surface area contributed by atoms with Crippen molar-refractivity contribution in [2.24, 2.45) is 17.8 Å². The second-order valence-corrected chi connectivity index (χ2v) is 4.39. The fourth-order valence-electron chi connectivity index (χ4n) is 3.11. The maximum Gasteiger partial charge on any atom is 0.313 e. The first-order valence-electron chi connectivity index (χ1n) is 5.23. The largest absolute Gasteiger partial charge is 0.469 e. The van der Waals surface area contributed by atoms with E-state index >= 15 is 0 Å². The first-order chi connectivity index (χ1) is 7.69. The summed E-state index contributed by atoms with van der Waals surface area (Å²) in [4.78, 5) is 23.2. The SMILES string of the molecule is COC(=O)C1C2OC3C(OC(=O)C31)C2CO. The van der Waals surface area contributed by atoms with Crippen LogP contribution in [0.25, 0.3) is 0 Å². The summed E-state index contributed by atoms with van der Waals surface area (Å²) in [6.07, 6.45) is -1.24. The van der Waals surface area contributed by atoms with Crippen molar-refractivity contribution >= 4 is 11.9 Å². The van der Waals surface area contributed by atoms with Gasteiger partial charge in [-0.25, -0.2) is 0 Å². The number of ether oxygens (including phenoxy) is 3. The van der Waals surface area contributed by atoms with E-state index in [1.807, 2.05) is 0 Å². The van der Waals surface area contributed by atoms with E-state index in [0.717, 1.165) is 0 Å². The first-order valence-corrected chi connectivity index (χ1v) is 5.23. The van der Waals surface area contributed by atoms with Crippen LogP contribution in [0, 0.1) is 17.8 Å². The van der Waals surface area contributed by atoms with Gasteiger partial charge in [0.1, 0.15) is 18.1 Å². The Hall–Kier alpha value is -1.14. The summed E-state index contributed by atoms with van der Waals surface area (Å²) in [6, 6.07) is 0. The molecule has 6 unspecified atom stereocenters. The Kier molecular flexibility index (Phi) is 1.99. The third kappa shape index (κ3) is 0.985. The number of carbonyl (C=O) groups excluding carboxylic acids is 2. The van der Waals surface area contributed by atoms with Gasteiger partial charge in [-0.2, -0.15) is 0 Å². The zero-order valence-electron chi connectivity index (χ0n) is 8.66. The van der Waals surface area contributed by atoms with Crippen LogP contribution in [-0.2, 0) is 23.8 Å². The predicted molar refractivity (Wildman–Crippen MR) is 48.1 cm³/mol. The Morgan fingerprint density at radius 3 is 2.81 bits per heavy atom. The zero-order valence-corrected chi connectivity index (χ0v) is 8.66. The molecule has 1 N–H and O–H groups in total. The van der Waals surface area contributed by atoms with Crippen LogP contribution in [0.1, 0.15) is 0 Å². The molecule has 0 radical (unpaired) electrons. The van der Waals surface area contributed by atoms with E-state index in [0.29, 0.717) is 0 Å². The molecule has 6 nitrogen and oxygen atoms in total. The van der Waals surface area contributed by atoms with Gasteiger partial charge in [0.2, 0.25) is 0 Å². The van der Waals surface area contributed by atoms with Gasteiger partial charge in [-0.05, 0) is 0 Å². The summed E-state index contributed by atoms with van der Waals surface area (Å²) in [6.45, 7) is -0.153. The lowest BCUT2D eigenvalue weighted by atomic mass is 9.74. The van der Waals surface area contributed by atoms with E-state index in [1.54, 1.807) is 0 Å². The van der Waals surface area contributed by atoms with Crippen LogP contribution >= 0.6 is 0 Å². The predicted octanol–water partition coefficient (Wildman–Crippen LogP) is -1.29. The highest BCUT2D eigenvalue weighted by atomic mass is 16.6. The second-order valence-electron chi connectivity index (χ2n) is 4.39. The minimum Gasteiger partial charge on any atom is -0.469 e. The highest BCUT2D eigenvalue weighted by molar-refractivity contribution is 5.86. The molecule has 0 aliphatic carbocycles. The van der Waals surface area contributed by atoms with Crippen molar-refractivity contribution in [1.29, 1.82) is 0 Å². The van der Waals surface area contributed by atoms with E-state index in [4.69, 9.17) is 9.47 Å². The molecule has 6 heteroatoms. The molecule has 0 amide bonds. The second kappa shape index (κ2) is 3.18. The summed E-state index contributed by atoms with van der Waals surface area (Å²) in [5.74, 6) is -2.36. The molecule has 3 rings (SSSR count). The molecule has 88 valence electrons. The minimum atomic E-state index is -0.626. The number of hydrogen-bond acceptors (Lipinski definition) is 6. The van der Waals surface area contributed by atoms with Gasteiger partial charge in [0, 0.05) is 5.92 Å². The lowest BCUT2D eigenvalue weighted by molar-refractivity contribution is -0.153. The van der Waals surface area contributed by atoms with Gasteiger partial charge in [-0.3, -0.25) is 9.59 Å². The summed E-state index contributed by atoms with van der Waals surface area (Å²) in [7, 11) is 1.28. The number of hydrogen-bond donors (Lipinski definition) is 1. The molecule has 16 heavy (non-hydrogen) atoms. The maximum absolute atomic E-state index is 11.6. The lowest BCUT2D eigenvalue weighted by Crippen LogP contribution is -2.43. The van der Waals surface area contributed by atoms with Crippen LogP contribution in [0.15, 0.2) is 0 Å². The van der Waals surface area contributed by atoms with Gasteiger partial charge >= 0.3 is 11.9 Å². The molecule has 0 aromatic rings. The Morgan fingerprint density at radius 1 is 1.44 bits per heavy atom. The molecular formula is C10H12O6.